The lowest BCUT2D eigenvalue weighted by Crippen LogP contribution is -2.38. The quantitative estimate of drug-likeness (QED) is 0.719. The summed E-state index contributed by atoms with van der Waals surface area (Å²) >= 11 is 1.57. The van der Waals surface area contributed by atoms with Gasteiger partial charge in [0.05, 0.1) is 24.4 Å². The third-order valence-corrected chi connectivity index (χ3v) is 5.01. The Bertz CT molecular complexity index is 870. The standard InChI is InChI=1S/C16H18N6OS/c1-20(2)15-12-3-4-21(9-13(12)17-10-18-15)14(23)7-11-8-22-5-6-24-16(22)19-11/h5-6,8,10H,3-4,7,9H2,1-2H3. The zero-order valence-corrected chi connectivity index (χ0v) is 14.5. The summed E-state index contributed by atoms with van der Waals surface area (Å²) in [5, 5.41) is 1.98. The number of carbonyl (C=O) groups is 1. The number of aromatic nitrogens is 4. The minimum absolute atomic E-state index is 0.0939. The monoisotopic (exact) mass is 342 g/mol. The highest BCUT2D eigenvalue weighted by atomic mass is 32.1. The highest BCUT2D eigenvalue weighted by Gasteiger charge is 2.25. The second-order valence-electron chi connectivity index (χ2n) is 6.08. The van der Waals surface area contributed by atoms with Crippen LogP contribution in [0.1, 0.15) is 17.0 Å². The number of carbonyl (C=O) groups excluding carboxylic acids is 1. The van der Waals surface area contributed by atoms with Gasteiger partial charge in [-0.3, -0.25) is 9.20 Å². The van der Waals surface area contributed by atoms with E-state index >= 15 is 0 Å². The van der Waals surface area contributed by atoms with E-state index in [0.717, 1.165) is 34.2 Å². The molecule has 7 nitrogen and oxygen atoms in total. The number of hydrogen-bond acceptors (Lipinski definition) is 6. The zero-order chi connectivity index (χ0) is 16.7. The average Bonchev–Trinajstić information content (AvgIpc) is 3.14. The molecule has 0 fully saturated rings. The number of rotatable bonds is 3. The Morgan fingerprint density at radius 1 is 1.38 bits per heavy atom. The summed E-state index contributed by atoms with van der Waals surface area (Å²) in [6.45, 7) is 1.24. The molecule has 124 valence electrons. The lowest BCUT2D eigenvalue weighted by Gasteiger charge is -2.30. The van der Waals surface area contributed by atoms with E-state index in [-0.39, 0.29) is 5.91 Å². The van der Waals surface area contributed by atoms with Gasteiger partial charge in [-0.25, -0.2) is 15.0 Å². The molecule has 0 aromatic carbocycles. The first-order chi connectivity index (χ1) is 11.6. The fraction of sp³-hybridized carbons (Fsp3) is 0.375. The molecule has 3 aromatic rings. The molecule has 8 heteroatoms. The number of nitrogens with zero attached hydrogens (tertiary/aromatic N) is 6. The molecule has 0 spiro atoms. The van der Waals surface area contributed by atoms with E-state index in [1.54, 1.807) is 17.7 Å². The van der Waals surface area contributed by atoms with Gasteiger partial charge in [0.2, 0.25) is 5.91 Å². The molecule has 0 radical (unpaired) electrons. The van der Waals surface area contributed by atoms with Gasteiger partial charge in [-0.1, -0.05) is 0 Å². The molecule has 24 heavy (non-hydrogen) atoms. The summed E-state index contributed by atoms with van der Waals surface area (Å²) in [4.78, 5) is 30.6. The minimum Gasteiger partial charge on any atom is -0.362 e. The van der Waals surface area contributed by atoms with Crippen LogP contribution in [-0.2, 0) is 24.2 Å². The Kier molecular flexibility index (Phi) is 3.68. The molecule has 0 N–H and O–H groups in total. The Labute approximate surface area is 143 Å². The topological polar surface area (TPSA) is 66.6 Å². The summed E-state index contributed by atoms with van der Waals surface area (Å²) < 4.78 is 1.95. The predicted octanol–water partition coefficient (Wildman–Crippen LogP) is 1.38. The second kappa shape index (κ2) is 5.86. The highest BCUT2D eigenvalue weighted by Crippen LogP contribution is 2.24. The third-order valence-electron chi connectivity index (χ3n) is 4.24. The van der Waals surface area contributed by atoms with Gasteiger partial charge in [-0.05, 0) is 6.42 Å². The first-order valence-electron chi connectivity index (χ1n) is 7.81. The maximum Gasteiger partial charge on any atom is 0.229 e. The fourth-order valence-electron chi connectivity index (χ4n) is 3.06. The van der Waals surface area contributed by atoms with Crippen molar-refractivity contribution in [2.24, 2.45) is 0 Å². The van der Waals surface area contributed by atoms with Crippen LogP contribution in [0.3, 0.4) is 0 Å². The van der Waals surface area contributed by atoms with E-state index in [9.17, 15) is 4.79 Å². The van der Waals surface area contributed by atoms with Crippen molar-refractivity contribution in [2.45, 2.75) is 19.4 Å². The van der Waals surface area contributed by atoms with E-state index < -0.39 is 0 Å². The van der Waals surface area contributed by atoms with Gasteiger partial charge >= 0.3 is 0 Å². The molecule has 0 saturated carbocycles. The van der Waals surface area contributed by atoms with E-state index in [2.05, 4.69) is 15.0 Å². The first kappa shape index (κ1) is 15.1. The van der Waals surface area contributed by atoms with Crippen LogP contribution >= 0.6 is 11.3 Å². The number of hydrogen-bond donors (Lipinski definition) is 0. The van der Waals surface area contributed by atoms with Gasteiger partial charge in [0.1, 0.15) is 12.1 Å². The van der Waals surface area contributed by atoms with Crippen LogP contribution in [0.2, 0.25) is 0 Å². The molecule has 1 aliphatic rings. The van der Waals surface area contributed by atoms with Gasteiger partial charge in [0.25, 0.3) is 0 Å². The zero-order valence-electron chi connectivity index (χ0n) is 13.6. The van der Waals surface area contributed by atoms with Crippen molar-refractivity contribution < 1.29 is 4.79 Å². The van der Waals surface area contributed by atoms with Crippen LogP contribution in [0.5, 0.6) is 0 Å². The normalized spacial score (nSPS) is 14.0. The van der Waals surface area contributed by atoms with Crippen LogP contribution in [0.4, 0.5) is 5.82 Å². The van der Waals surface area contributed by atoms with Crippen LogP contribution in [-0.4, -0.2) is 50.8 Å². The van der Waals surface area contributed by atoms with Crippen molar-refractivity contribution in [3.63, 3.8) is 0 Å². The van der Waals surface area contributed by atoms with Crippen molar-refractivity contribution in [3.8, 4) is 0 Å². The van der Waals surface area contributed by atoms with Gasteiger partial charge in [0, 0.05) is 44.0 Å². The average molecular weight is 342 g/mol. The second-order valence-corrected chi connectivity index (χ2v) is 6.96. The number of thiazole rings is 1. The summed E-state index contributed by atoms with van der Waals surface area (Å²) in [5.74, 6) is 1.04. The Morgan fingerprint density at radius 2 is 2.25 bits per heavy atom. The van der Waals surface area contributed by atoms with Gasteiger partial charge in [-0.15, -0.1) is 11.3 Å². The van der Waals surface area contributed by atoms with E-state index in [4.69, 9.17) is 0 Å². The molecule has 3 aromatic heterocycles. The molecule has 4 heterocycles. The van der Waals surface area contributed by atoms with Gasteiger partial charge in [-0.2, -0.15) is 0 Å². The van der Waals surface area contributed by atoms with Crippen molar-refractivity contribution in [1.29, 1.82) is 0 Å². The highest BCUT2D eigenvalue weighted by molar-refractivity contribution is 7.15. The predicted molar refractivity (Wildman–Crippen MR) is 92.3 cm³/mol. The van der Waals surface area contributed by atoms with Crippen LogP contribution in [0.15, 0.2) is 24.1 Å². The summed E-state index contributed by atoms with van der Waals surface area (Å²) in [6, 6.07) is 0. The first-order valence-corrected chi connectivity index (χ1v) is 8.68. The van der Waals surface area contributed by atoms with E-state index in [1.807, 2.05) is 46.1 Å². The van der Waals surface area contributed by atoms with Crippen molar-refractivity contribution in [3.05, 3.63) is 41.1 Å². The Balaban J connectivity index is 1.50. The van der Waals surface area contributed by atoms with Gasteiger partial charge in [0.15, 0.2) is 4.96 Å². The molecular formula is C16H18N6OS. The molecule has 4 rings (SSSR count). The summed E-state index contributed by atoms with van der Waals surface area (Å²) in [6.07, 6.45) is 6.57. The number of imidazole rings is 1. The number of anilines is 1. The molecule has 0 atom stereocenters. The smallest absolute Gasteiger partial charge is 0.229 e. The van der Waals surface area contributed by atoms with Crippen molar-refractivity contribution in [2.75, 3.05) is 25.5 Å². The molecule has 1 amide bonds. The summed E-state index contributed by atoms with van der Waals surface area (Å²) in [5.41, 5.74) is 2.91. The maximum absolute atomic E-state index is 12.6. The van der Waals surface area contributed by atoms with E-state index in [0.29, 0.717) is 19.5 Å². The molecule has 0 unspecified atom stereocenters. The lowest BCUT2D eigenvalue weighted by atomic mass is 10.0. The molecule has 0 bridgehead atoms. The molecule has 0 saturated heterocycles. The van der Waals surface area contributed by atoms with Gasteiger partial charge < -0.3 is 9.80 Å². The number of amides is 1. The maximum atomic E-state index is 12.6. The SMILES string of the molecule is CN(C)c1ncnc2c1CCN(C(=O)Cc1cn3ccsc3n1)C2. The van der Waals surface area contributed by atoms with Crippen molar-refractivity contribution >= 4 is 28.0 Å². The molecule has 1 aliphatic heterocycles. The summed E-state index contributed by atoms with van der Waals surface area (Å²) in [7, 11) is 3.95. The van der Waals surface area contributed by atoms with Crippen LogP contribution in [0, 0.1) is 0 Å². The van der Waals surface area contributed by atoms with Crippen LogP contribution in [0.25, 0.3) is 4.96 Å². The largest absolute Gasteiger partial charge is 0.362 e. The van der Waals surface area contributed by atoms with Crippen LogP contribution < -0.4 is 4.90 Å². The van der Waals surface area contributed by atoms with Crippen molar-refractivity contribution in [1.82, 2.24) is 24.3 Å². The number of fused-ring (bicyclic) bond motifs is 2. The fourth-order valence-corrected chi connectivity index (χ4v) is 3.78. The minimum atomic E-state index is 0.0939. The van der Waals surface area contributed by atoms with E-state index in [1.165, 1.54) is 0 Å². The lowest BCUT2D eigenvalue weighted by molar-refractivity contribution is -0.131. The Hall–Kier alpha value is -2.48. The molecule has 0 aliphatic carbocycles. The Morgan fingerprint density at radius 3 is 3.04 bits per heavy atom. The third kappa shape index (κ3) is 2.62. The molecular weight excluding hydrogens is 324 g/mol.